The maximum Gasteiger partial charge on any atom is 0.325 e. The predicted octanol–water partition coefficient (Wildman–Crippen LogP) is 2.07. The molecule has 0 aliphatic carbocycles. The Morgan fingerprint density at radius 1 is 1.22 bits per heavy atom. The summed E-state index contributed by atoms with van der Waals surface area (Å²) < 4.78 is 0. The number of hydrogen-bond donors (Lipinski definition) is 4. The lowest BCUT2D eigenvalue weighted by Crippen LogP contribution is -2.49. The van der Waals surface area contributed by atoms with Gasteiger partial charge < -0.3 is 21.8 Å². The Balaban J connectivity index is 1.69. The Bertz CT molecular complexity index is 1330. The number of rotatable bonds is 11. The molecule has 36 heavy (non-hydrogen) atoms. The summed E-state index contributed by atoms with van der Waals surface area (Å²) in [6.45, 7) is 0.470. The summed E-state index contributed by atoms with van der Waals surface area (Å²) in [5.74, 6) is -1.36. The molecule has 188 valence electrons. The quantitative estimate of drug-likeness (QED) is 0.130. The Kier molecular flexibility index (Phi) is 7.50. The molecular formula is C23H25N7O5S. The number of nitrogens with zero attached hydrogens (tertiary/aromatic N) is 3. The fourth-order valence-electron chi connectivity index (χ4n) is 4.21. The molecule has 12 nitrogen and oxygen atoms in total. The number of pyridine rings is 1. The summed E-state index contributed by atoms with van der Waals surface area (Å²) in [5, 5.41) is 15.5. The average Bonchev–Trinajstić information content (AvgIpc) is 3.33. The molecule has 2 atom stereocenters. The number of carbonyl (C=O) groups excluding carboxylic acids is 3. The van der Waals surface area contributed by atoms with Crippen molar-refractivity contribution in [2.45, 2.75) is 47.8 Å². The van der Waals surface area contributed by atoms with Gasteiger partial charge >= 0.3 is 11.7 Å². The highest BCUT2D eigenvalue weighted by Gasteiger charge is 2.44. The highest BCUT2D eigenvalue weighted by atomic mass is 32.2. The molecule has 1 saturated heterocycles. The van der Waals surface area contributed by atoms with Crippen LogP contribution in [0.15, 0.2) is 52.6 Å². The molecule has 4 rings (SSSR count). The molecule has 3 aromatic rings. The zero-order valence-electron chi connectivity index (χ0n) is 19.2. The number of unbranched alkanes of at least 4 members (excludes halogenated alkanes) is 1. The monoisotopic (exact) mass is 511 g/mol. The molecule has 1 aromatic carbocycles. The van der Waals surface area contributed by atoms with E-state index in [9.17, 15) is 24.5 Å². The predicted molar refractivity (Wildman–Crippen MR) is 132 cm³/mol. The number of nitrogens with one attached hydrogen (secondary N) is 2. The van der Waals surface area contributed by atoms with Crippen LogP contribution in [0.1, 0.15) is 24.8 Å². The summed E-state index contributed by atoms with van der Waals surface area (Å²) in [4.78, 5) is 57.5. The van der Waals surface area contributed by atoms with Crippen LogP contribution in [0.25, 0.3) is 10.9 Å². The van der Waals surface area contributed by atoms with Gasteiger partial charge in [-0.1, -0.05) is 18.2 Å². The van der Waals surface area contributed by atoms with Crippen molar-refractivity contribution in [2.24, 2.45) is 11.5 Å². The van der Waals surface area contributed by atoms with Gasteiger partial charge in [0.2, 0.25) is 5.91 Å². The molecule has 0 radical (unpaired) electrons. The van der Waals surface area contributed by atoms with Crippen molar-refractivity contribution in [1.82, 2.24) is 20.2 Å². The highest BCUT2D eigenvalue weighted by molar-refractivity contribution is 7.99. The summed E-state index contributed by atoms with van der Waals surface area (Å²) in [7, 11) is 0. The SMILES string of the molecule is NCCCC[C@@H]1NC(=O)N([C@@H](Cc2c(Sc3ncccc3[N+](=O)[O-])[nH]c3ccccc23)C(N)=O)C1=O. The van der Waals surface area contributed by atoms with Crippen molar-refractivity contribution >= 4 is 46.2 Å². The van der Waals surface area contributed by atoms with E-state index in [0.29, 0.717) is 41.9 Å². The van der Waals surface area contributed by atoms with Gasteiger partial charge in [-0.3, -0.25) is 19.7 Å². The summed E-state index contributed by atoms with van der Waals surface area (Å²) in [5.41, 5.74) is 12.3. The third-order valence-corrected chi connectivity index (χ3v) is 7.02. The number of fused-ring (bicyclic) bond motifs is 1. The number of aromatic amines is 1. The molecule has 1 aliphatic rings. The topological polar surface area (TPSA) is 190 Å². The van der Waals surface area contributed by atoms with E-state index in [0.717, 1.165) is 22.0 Å². The van der Waals surface area contributed by atoms with E-state index in [1.54, 1.807) is 6.07 Å². The van der Waals surface area contributed by atoms with Crippen LogP contribution in [0, 0.1) is 10.1 Å². The number of imide groups is 1. The maximum atomic E-state index is 13.0. The van der Waals surface area contributed by atoms with E-state index in [1.807, 2.05) is 18.2 Å². The number of para-hydroxylation sites is 1. The fourth-order valence-corrected chi connectivity index (χ4v) is 5.24. The maximum absolute atomic E-state index is 13.0. The molecule has 1 fully saturated rings. The van der Waals surface area contributed by atoms with Gasteiger partial charge in [0.1, 0.15) is 12.1 Å². The second-order valence-electron chi connectivity index (χ2n) is 8.28. The standard InChI is InChI=1S/C23H25N7O5S/c24-10-4-3-8-16-22(32)29(23(33)28-16)18(19(25)31)12-14-13-6-1-2-7-15(13)27-20(14)36-21-17(30(34)35)9-5-11-26-21/h1-2,5-7,9,11,16,18,27H,3-4,8,10,12,24H2,(H2,25,31)(H,28,33)/t16-,18-/m0/s1. The number of hydrogen-bond acceptors (Lipinski definition) is 8. The van der Waals surface area contributed by atoms with Crippen LogP contribution >= 0.6 is 11.8 Å². The number of amides is 4. The number of nitrogens with two attached hydrogens (primary N) is 2. The zero-order chi connectivity index (χ0) is 25.8. The third-order valence-electron chi connectivity index (χ3n) is 5.96. The molecule has 6 N–H and O–H groups in total. The van der Waals surface area contributed by atoms with E-state index in [2.05, 4.69) is 15.3 Å². The van der Waals surface area contributed by atoms with Gasteiger partial charge in [0.25, 0.3) is 5.91 Å². The number of benzene rings is 1. The minimum atomic E-state index is -1.26. The minimum Gasteiger partial charge on any atom is -0.368 e. The first kappa shape index (κ1) is 25.1. The number of H-pyrrole nitrogens is 1. The van der Waals surface area contributed by atoms with Crippen LogP contribution in [-0.4, -0.2) is 56.3 Å². The Morgan fingerprint density at radius 2 is 2.00 bits per heavy atom. The van der Waals surface area contributed by atoms with Crippen LogP contribution in [0.4, 0.5) is 10.5 Å². The van der Waals surface area contributed by atoms with E-state index in [-0.39, 0.29) is 17.1 Å². The van der Waals surface area contributed by atoms with Gasteiger partial charge in [-0.15, -0.1) is 0 Å². The average molecular weight is 512 g/mol. The first-order valence-corrected chi connectivity index (χ1v) is 12.1. The van der Waals surface area contributed by atoms with Gasteiger partial charge in [0.15, 0.2) is 5.03 Å². The molecule has 2 aromatic heterocycles. The minimum absolute atomic E-state index is 0.0724. The number of urea groups is 1. The van der Waals surface area contributed by atoms with Crippen molar-refractivity contribution in [3.8, 4) is 0 Å². The first-order valence-electron chi connectivity index (χ1n) is 11.3. The van der Waals surface area contributed by atoms with Crippen LogP contribution in [-0.2, 0) is 16.0 Å². The van der Waals surface area contributed by atoms with Crippen LogP contribution in [0.5, 0.6) is 0 Å². The van der Waals surface area contributed by atoms with Crippen molar-refractivity contribution in [3.63, 3.8) is 0 Å². The molecule has 1 aliphatic heterocycles. The lowest BCUT2D eigenvalue weighted by atomic mass is 10.0. The lowest BCUT2D eigenvalue weighted by molar-refractivity contribution is -0.388. The van der Waals surface area contributed by atoms with Crippen LogP contribution < -0.4 is 16.8 Å². The van der Waals surface area contributed by atoms with Crippen LogP contribution in [0.3, 0.4) is 0 Å². The van der Waals surface area contributed by atoms with Crippen molar-refractivity contribution in [2.75, 3.05) is 6.54 Å². The molecule has 3 heterocycles. The van der Waals surface area contributed by atoms with Gasteiger partial charge in [0.05, 0.1) is 9.95 Å². The molecule has 0 unspecified atom stereocenters. The zero-order valence-corrected chi connectivity index (χ0v) is 20.0. The third kappa shape index (κ3) is 5.02. The number of nitro groups is 1. The van der Waals surface area contributed by atoms with Gasteiger partial charge in [0, 0.05) is 29.6 Å². The second kappa shape index (κ2) is 10.7. The number of carbonyl (C=O) groups is 3. The molecule has 0 spiro atoms. The van der Waals surface area contributed by atoms with Gasteiger partial charge in [-0.2, -0.15) is 0 Å². The van der Waals surface area contributed by atoms with Gasteiger partial charge in [-0.05, 0) is 55.3 Å². The molecule has 0 bridgehead atoms. The number of aromatic nitrogens is 2. The van der Waals surface area contributed by atoms with E-state index < -0.39 is 34.9 Å². The van der Waals surface area contributed by atoms with Crippen molar-refractivity contribution in [1.29, 1.82) is 0 Å². The Morgan fingerprint density at radius 3 is 2.72 bits per heavy atom. The smallest absolute Gasteiger partial charge is 0.325 e. The van der Waals surface area contributed by atoms with E-state index >= 15 is 0 Å². The molecular weight excluding hydrogens is 486 g/mol. The Labute approximate surface area is 209 Å². The fraction of sp³-hybridized carbons (Fsp3) is 0.304. The summed E-state index contributed by atoms with van der Waals surface area (Å²) in [6, 6.07) is 7.38. The lowest BCUT2D eigenvalue weighted by Gasteiger charge is -2.23. The normalized spacial score (nSPS) is 16.4. The number of primary amides is 1. The van der Waals surface area contributed by atoms with Crippen molar-refractivity contribution < 1.29 is 19.3 Å². The summed E-state index contributed by atoms with van der Waals surface area (Å²) >= 11 is 1.03. The van der Waals surface area contributed by atoms with Gasteiger partial charge in [-0.25, -0.2) is 14.7 Å². The Hall–Kier alpha value is -3.97. The molecule has 0 saturated carbocycles. The van der Waals surface area contributed by atoms with E-state index in [4.69, 9.17) is 11.5 Å². The first-order chi connectivity index (χ1) is 17.3. The molecule has 13 heteroatoms. The van der Waals surface area contributed by atoms with Crippen LogP contribution in [0.2, 0.25) is 0 Å². The molecule has 4 amide bonds. The van der Waals surface area contributed by atoms with Crippen molar-refractivity contribution in [3.05, 3.63) is 58.3 Å². The largest absolute Gasteiger partial charge is 0.368 e. The highest BCUT2D eigenvalue weighted by Crippen LogP contribution is 2.38. The second-order valence-corrected chi connectivity index (χ2v) is 9.28. The van der Waals surface area contributed by atoms with E-state index in [1.165, 1.54) is 18.3 Å². The summed E-state index contributed by atoms with van der Waals surface area (Å²) in [6.07, 6.45) is 3.13.